The number of thiazole rings is 1. The van der Waals surface area contributed by atoms with Gasteiger partial charge in [0.25, 0.3) is 0 Å². The molecule has 3 nitrogen and oxygen atoms in total. The predicted octanol–water partition coefficient (Wildman–Crippen LogP) is 3.19. The van der Waals surface area contributed by atoms with Gasteiger partial charge in [-0.25, -0.2) is 4.98 Å². The lowest BCUT2D eigenvalue weighted by atomic mass is 10.0. The lowest BCUT2D eigenvalue weighted by molar-refractivity contribution is 0.0989. The summed E-state index contributed by atoms with van der Waals surface area (Å²) in [5.41, 5.74) is 2.52. The second-order valence-electron chi connectivity index (χ2n) is 4.16. The Bertz CT molecular complexity index is 575. The Kier molecular flexibility index (Phi) is 3.77. The standard InChI is InChI=1S/C14H15NO2S/c1-9-4-5-12(14(6-9)17-3)13(16)7-11-8-18-10(2)15-11/h4-6,8H,7H2,1-3H3. The molecule has 0 saturated carbocycles. The van der Waals surface area contributed by atoms with Crippen LogP contribution in [-0.2, 0) is 6.42 Å². The molecule has 0 atom stereocenters. The van der Waals surface area contributed by atoms with E-state index in [0.29, 0.717) is 17.7 Å². The number of aromatic nitrogens is 1. The molecule has 0 spiro atoms. The third-order valence-electron chi connectivity index (χ3n) is 2.67. The predicted molar refractivity (Wildman–Crippen MR) is 72.6 cm³/mol. The molecule has 0 amide bonds. The SMILES string of the molecule is COc1cc(C)ccc1C(=O)Cc1csc(C)n1. The number of carbonyl (C=O) groups excluding carboxylic acids is 1. The van der Waals surface area contributed by atoms with Crippen molar-refractivity contribution in [3.8, 4) is 5.75 Å². The van der Waals surface area contributed by atoms with E-state index in [1.54, 1.807) is 18.4 Å². The van der Waals surface area contributed by atoms with E-state index in [-0.39, 0.29) is 5.78 Å². The molecule has 0 radical (unpaired) electrons. The molecule has 0 aliphatic heterocycles. The van der Waals surface area contributed by atoms with Gasteiger partial charge in [-0.2, -0.15) is 0 Å². The highest BCUT2D eigenvalue weighted by Crippen LogP contribution is 2.22. The summed E-state index contributed by atoms with van der Waals surface area (Å²) in [5, 5.41) is 2.90. The van der Waals surface area contributed by atoms with Crippen molar-refractivity contribution < 1.29 is 9.53 Å². The number of hydrogen-bond donors (Lipinski definition) is 0. The highest BCUT2D eigenvalue weighted by atomic mass is 32.1. The van der Waals surface area contributed by atoms with Crippen LogP contribution < -0.4 is 4.74 Å². The van der Waals surface area contributed by atoms with E-state index in [2.05, 4.69) is 4.98 Å². The Hall–Kier alpha value is -1.68. The number of nitrogens with zero attached hydrogens (tertiary/aromatic N) is 1. The van der Waals surface area contributed by atoms with Gasteiger partial charge in [0.1, 0.15) is 5.75 Å². The molecule has 18 heavy (non-hydrogen) atoms. The fourth-order valence-corrected chi connectivity index (χ4v) is 2.39. The van der Waals surface area contributed by atoms with Gasteiger partial charge in [0.2, 0.25) is 0 Å². The number of benzene rings is 1. The molecule has 0 aliphatic carbocycles. The van der Waals surface area contributed by atoms with Gasteiger partial charge in [-0.15, -0.1) is 11.3 Å². The molecule has 2 rings (SSSR count). The number of hydrogen-bond acceptors (Lipinski definition) is 4. The Balaban J connectivity index is 2.23. The monoisotopic (exact) mass is 261 g/mol. The van der Waals surface area contributed by atoms with E-state index >= 15 is 0 Å². The maximum atomic E-state index is 12.2. The zero-order chi connectivity index (χ0) is 13.1. The zero-order valence-corrected chi connectivity index (χ0v) is 11.5. The second kappa shape index (κ2) is 5.31. The van der Waals surface area contributed by atoms with Crippen LogP contribution in [0.25, 0.3) is 0 Å². The van der Waals surface area contributed by atoms with Crippen LogP contribution in [0.2, 0.25) is 0 Å². The number of ketones is 1. The van der Waals surface area contributed by atoms with Gasteiger partial charge in [-0.3, -0.25) is 4.79 Å². The fraction of sp³-hybridized carbons (Fsp3) is 0.286. The summed E-state index contributed by atoms with van der Waals surface area (Å²) in [6.07, 6.45) is 0.323. The molecule has 2 aromatic rings. The summed E-state index contributed by atoms with van der Waals surface area (Å²) in [6, 6.07) is 5.61. The van der Waals surface area contributed by atoms with Crippen molar-refractivity contribution in [2.45, 2.75) is 20.3 Å². The lowest BCUT2D eigenvalue weighted by Crippen LogP contribution is -2.06. The van der Waals surface area contributed by atoms with E-state index in [9.17, 15) is 4.79 Å². The number of ether oxygens (including phenoxy) is 1. The first-order chi connectivity index (χ1) is 8.60. The summed E-state index contributed by atoms with van der Waals surface area (Å²) < 4.78 is 5.25. The molecule has 0 saturated heterocycles. The van der Waals surface area contributed by atoms with Crippen LogP contribution in [0.3, 0.4) is 0 Å². The maximum Gasteiger partial charge on any atom is 0.172 e. The maximum absolute atomic E-state index is 12.2. The molecule has 0 aliphatic rings. The van der Waals surface area contributed by atoms with Crippen molar-refractivity contribution in [3.05, 3.63) is 45.4 Å². The Morgan fingerprint density at radius 2 is 2.17 bits per heavy atom. The van der Waals surface area contributed by atoms with Crippen LogP contribution in [0.15, 0.2) is 23.6 Å². The van der Waals surface area contributed by atoms with Crippen molar-refractivity contribution in [1.29, 1.82) is 0 Å². The minimum Gasteiger partial charge on any atom is -0.496 e. The normalized spacial score (nSPS) is 10.4. The van der Waals surface area contributed by atoms with Gasteiger partial charge in [-0.05, 0) is 31.5 Å². The fourth-order valence-electron chi connectivity index (χ4n) is 1.78. The van der Waals surface area contributed by atoms with E-state index in [0.717, 1.165) is 16.3 Å². The minimum absolute atomic E-state index is 0.0390. The third-order valence-corrected chi connectivity index (χ3v) is 3.49. The van der Waals surface area contributed by atoms with Gasteiger partial charge >= 0.3 is 0 Å². The number of rotatable bonds is 4. The molecule has 4 heteroatoms. The molecule has 1 aromatic heterocycles. The smallest absolute Gasteiger partial charge is 0.172 e. The van der Waals surface area contributed by atoms with Gasteiger partial charge in [0.15, 0.2) is 5.78 Å². The zero-order valence-electron chi connectivity index (χ0n) is 10.7. The quantitative estimate of drug-likeness (QED) is 0.793. The summed E-state index contributed by atoms with van der Waals surface area (Å²) in [4.78, 5) is 16.5. The number of Topliss-reactive ketones (excluding diaryl/α,β-unsaturated/α-hetero) is 1. The summed E-state index contributed by atoms with van der Waals surface area (Å²) in [7, 11) is 1.58. The highest BCUT2D eigenvalue weighted by Gasteiger charge is 2.14. The Morgan fingerprint density at radius 3 is 2.78 bits per heavy atom. The van der Waals surface area contributed by atoms with Gasteiger partial charge < -0.3 is 4.74 Å². The van der Waals surface area contributed by atoms with Crippen LogP contribution in [0, 0.1) is 13.8 Å². The first-order valence-corrected chi connectivity index (χ1v) is 6.57. The molecule has 0 bridgehead atoms. The molecule has 0 fully saturated rings. The third kappa shape index (κ3) is 2.76. The van der Waals surface area contributed by atoms with E-state index in [4.69, 9.17) is 4.74 Å². The number of aryl methyl sites for hydroxylation is 2. The average Bonchev–Trinajstić information content (AvgIpc) is 2.74. The van der Waals surface area contributed by atoms with Crippen molar-refractivity contribution >= 4 is 17.1 Å². The molecular formula is C14H15NO2S. The summed E-state index contributed by atoms with van der Waals surface area (Å²) in [5.74, 6) is 0.670. The van der Waals surface area contributed by atoms with Crippen LogP contribution >= 0.6 is 11.3 Å². The topological polar surface area (TPSA) is 39.2 Å². The Morgan fingerprint density at radius 1 is 1.39 bits per heavy atom. The van der Waals surface area contributed by atoms with Crippen molar-refractivity contribution in [2.75, 3.05) is 7.11 Å². The van der Waals surface area contributed by atoms with Gasteiger partial charge in [0, 0.05) is 5.38 Å². The molecule has 0 N–H and O–H groups in total. The van der Waals surface area contributed by atoms with Crippen molar-refractivity contribution in [1.82, 2.24) is 4.98 Å². The number of methoxy groups -OCH3 is 1. The van der Waals surface area contributed by atoms with Crippen LogP contribution in [0.4, 0.5) is 0 Å². The number of carbonyl (C=O) groups is 1. The van der Waals surface area contributed by atoms with E-state index < -0.39 is 0 Å². The van der Waals surface area contributed by atoms with Crippen LogP contribution in [0.1, 0.15) is 26.6 Å². The van der Waals surface area contributed by atoms with Gasteiger partial charge in [-0.1, -0.05) is 6.07 Å². The molecule has 94 valence electrons. The first kappa shape index (κ1) is 12.8. The highest BCUT2D eigenvalue weighted by molar-refractivity contribution is 7.09. The molecule has 1 heterocycles. The molecular weight excluding hydrogens is 246 g/mol. The average molecular weight is 261 g/mol. The van der Waals surface area contributed by atoms with Crippen LogP contribution in [-0.4, -0.2) is 17.9 Å². The molecule has 0 unspecified atom stereocenters. The second-order valence-corrected chi connectivity index (χ2v) is 5.22. The first-order valence-electron chi connectivity index (χ1n) is 5.69. The minimum atomic E-state index is 0.0390. The molecule has 1 aromatic carbocycles. The van der Waals surface area contributed by atoms with E-state index in [1.807, 2.05) is 37.4 Å². The Labute approximate surface area is 110 Å². The summed E-state index contributed by atoms with van der Waals surface area (Å²) >= 11 is 1.56. The van der Waals surface area contributed by atoms with E-state index in [1.165, 1.54) is 0 Å². The van der Waals surface area contributed by atoms with Gasteiger partial charge in [0.05, 0.1) is 29.8 Å². The summed E-state index contributed by atoms with van der Waals surface area (Å²) in [6.45, 7) is 3.91. The van der Waals surface area contributed by atoms with Crippen molar-refractivity contribution in [3.63, 3.8) is 0 Å². The largest absolute Gasteiger partial charge is 0.496 e. The lowest BCUT2D eigenvalue weighted by Gasteiger charge is -2.07. The van der Waals surface area contributed by atoms with Crippen molar-refractivity contribution in [2.24, 2.45) is 0 Å². The van der Waals surface area contributed by atoms with Crippen LogP contribution in [0.5, 0.6) is 5.75 Å².